The van der Waals surface area contributed by atoms with Crippen molar-refractivity contribution in [2.45, 2.75) is 4.90 Å². The van der Waals surface area contributed by atoms with Crippen molar-refractivity contribution in [3.63, 3.8) is 0 Å². The number of nitriles is 1. The highest BCUT2D eigenvalue weighted by atomic mass is 35.5. The Morgan fingerprint density at radius 3 is 2.45 bits per heavy atom. The number of hydrogen-bond acceptors (Lipinski definition) is 4. The number of fused-ring (bicyclic) bond motifs is 1. The SMILES string of the molecule is N#CC1=CN(c2ccc(Cl)cc2Cl)c2ccccc2S1(=O)=O. The Morgan fingerprint density at radius 1 is 1.05 bits per heavy atom. The number of para-hydroxylation sites is 1. The molecule has 0 fully saturated rings. The largest absolute Gasteiger partial charge is 0.312 e. The molecule has 0 aliphatic carbocycles. The van der Waals surface area contributed by atoms with Gasteiger partial charge < -0.3 is 4.90 Å². The molecule has 22 heavy (non-hydrogen) atoms. The molecule has 0 N–H and O–H groups in total. The molecule has 7 heteroatoms. The van der Waals surface area contributed by atoms with E-state index in [1.165, 1.54) is 12.3 Å². The molecule has 110 valence electrons. The van der Waals surface area contributed by atoms with Gasteiger partial charge in [0.1, 0.15) is 6.07 Å². The highest BCUT2D eigenvalue weighted by Gasteiger charge is 2.32. The van der Waals surface area contributed by atoms with Crippen LogP contribution in [-0.2, 0) is 9.84 Å². The average Bonchev–Trinajstić information content (AvgIpc) is 2.49. The van der Waals surface area contributed by atoms with E-state index in [0.717, 1.165) is 0 Å². The summed E-state index contributed by atoms with van der Waals surface area (Å²) in [4.78, 5) is 1.31. The molecule has 2 aromatic rings. The number of anilines is 2. The number of sulfone groups is 1. The molecule has 0 bridgehead atoms. The Kier molecular flexibility index (Phi) is 3.61. The van der Waals surface area contributed by atoms with Gasteiger partial charge in [0.05, 0.1) is 21.3 Å². The minimum Gasteiger partial charge on any atom is -0.312 e. The molecule has 2 aromatic carbocycles. The normalized spacial score (nSPS) is 15.7. The molecular weight excluding hydrogens is 343 g/mol. The van der Waals surface area contributed by atoms with Crippen molar-refractivity contribution in [1.29, 1.82) is 5.26 Å². The highest BCUT2D eigenvalue weighted by Crippen LogP contribution is 2.41. The van der Waals surface area contributed by atoms with E-state index in [1.54, 1.807) is 47.4 Å². The Morgan fingerprint density at radius 2 is 1.77 bits per heavy atom. The van der Waals surface area contributed by atoms with Crippen molar-refractivity contribution in [3.8, 4) is 6.07 Å². The Balaban J connectivity index is 2.31. The van der Waals surface area contributed by atoms with Gasteiger partial charge in [-0.1, -0.05) is 35.3 Å². The molecule has 0 unspecified atom stereocenters. The van der Waals surface area contributed by atoms with E-state index in [4.69, 9.17) is 28.5 Å². The molecule has 0 amide bonds. The van der Waals surface area contributed by atoms with Crippen LogP contribution in [0.2, 0.25) is 10.0 Å². The van der Waals surface area contributed by atoms with Gasteiger partial charge in [0.2, 0.25) is 9.84 Å². The minimum atomic E-state index is -3.81. The van der Waals surface area contributed by atoms with Crippen LogP contribution in [0.15, 0.2) is 58.5 Å². The molecule has 1 heterocycles. The standard InChI is InChI=1S/C15H8Cl2N2O2S/c16-10-5-6-13(12(17)7-10)19-9-11(8-18)22(20,21)15-4-2-1-3-14(15)19/h1-7,9H. The summed E-state index contributed by atoms with van der Waals surface area (Å²) in [7, 11) is -3.81. The van der Waals surface area contributed by atoms with Crippen molar-refractivity contribution in [2.24, 2.45) is 0 Å². The lowest BCUT2D eigenvalue weighted by molar-refractivity contribution is 0.602. The van der Waals surface area contributed by atoms with Crippen LogP contribution >= 0.6 is 23.2 Å². The average molecular weight is 351 g/mol. The number of hydrogen-bond donors (Lipinski definition) is 0. The van der Waals surface area contributed by atoms with Crippen molar-refractivity contribution < 1.29 is 8.42 Å². The van der Waals surface area contributed by atoms with Gasteiger partial charge in [0.25, 0.3) is 0 Å². The van der Waals surface area contributed by atoms with Crippen LogP contribution in [0.4, 0.5) is 11.4 Å². The third kappa shape index (κ3) is 2.26. The van der Waals surface area contributed by atoms with Crippen LogP contribution in [-0.4, -0.2) is 8.42 Å². The fourth-order valence-electron chi connectivity index (χ4n) is 2.22. The molecular formula is C15H8Cl2N2O2S. The maximum Gasteiger partial charge on any atom is 0.220 e. The maximum atomic E-state index is 12.4. The second-order valence-electron chi connectivity index (χ2n) is 4.54. The van der Waals surface area contributed by atoms with Crippen molar-refractivity contribution >= 4 is 44.4 Å². The fourth-order valence-corrected chi connectivity index (χ4v) is 4.02. The van der Waals surface area contributed by atoms with E-state index in [9.17, 15) is 8.42 Å². The molecule has 0 saturated carbocycles. The van der Waals surface area contributed by atoms with Crippen LogP contribution in [0.3, 0.4) is 0 Å². The number of halogens is 2. The van der Waals surface area contributed by atoms with Crippen LogP contribution in [0, 0.1) is 11.3 Å². The van der Waals surface area contributed by atoms with Crippen LogP contribution < -0.4 is 4.90 Å². The van der Waals surface area contributed by atoms with Gasteiger partial charge in [-0.3, -0.25) is 0 Å². The summed E-state index contributed by atoms with van der Waals surface area (Å²) >= 11 is 12.1. The molecule has 0 atom stereocenters. The van der Waals surface area contributed by atoms with E-state index in [0.29, 0.717) is 21.4 Å². The monoisotopic (exact) mass is 350 g/mol. The number of nitrogens with zero attached hydrogens (tertiary/aromatic N) is 2. The van der Waals surface area contributed by atoms with Crippen molar-refractivity contribution in [3.05, 3.63) is 63.6 Å². The maximum absolute atomic E-state index is 12.4. The van der Waals surface area contributed by atoms with Crippen LogP contribution in [0.25, 0.3) is 0 Å². The van der Waals surface area contributed by atoms with Gasteiger partial charge in [-0.15, -0.1) is 0 Å². The predicted octanol–water partition coefficient (Wildman–Crippen LogP) is 4.28. The first kappa shape index (κ1) is 14.9. The zero-order valence-corrected chi connectivity index (χ0v) is 13.3. The third-order valence-electron chi connectivity index (χ3n) is 3.23. The minimum absolute atomic E-state index is 0.0695. The topological polar surface area (TPSA) is 61.2 Å². The van der Waals surface area contributed by atoms with Crippen molar-refractivity contribution in [2.75, 3.05) is 4.90 Å². The van der Waals surface area contributed by atoms with Crippen LogP contribution in [0.5, 0.6) is 0 Å². The summed E-state index contributed by atoms with van der Waals surface area (Å²) in [5.41, 5.74) is 0.979. The first-order valence-electron chi connectivity index (χ1n) is 6.15. The van der Waals surface area contributed by atoms with Crippen molar-refractivity contribution in [1.82, 2.24) is 0 Å². The van der Waals surface area contributed by atoms with Gasteiger partial charge in [0.15, 0.2) is 4.91 Å². The molecule has 0 spiro atoms. The second-order valence-corrected chi connectivity index (χ2v) is 7.27. The van der Waals surface area contributed by atoms with E-state index in [2.05, 4.69) is 0 Å². The highest BCUT2D eigenvalue weighted by molar-refractivity contribution is 7.95. The zero-order chi connectivity index (χ0) is 15.9. The summed E-state index contributed by atoms with van der Waals surface area (Å²) < 4.78 is 24.8. The number of allylic oxidation sites excluding steroid dienone is 1. The van der Waals surface area contributed by atoms with Crippen LogP contribution in [0.1, 0.15) is 0 Å². The van der Waals surface area contributed by atoms with E-state index < -0.39 is 9.84 Å². The Labute approximate surface area is 137 Å². The Bertz CT molecular complexity index is 946. The lowest BCUT2D eigenvalue weighted by atomic mass is 10.2. The second kappa shape index (κ2) is 5.33. The van der Waals surface area contributed by atoms with Gasteiger partial charge in [0, 0.05) is 11.2 Å². The summed E-state index contributed by atoms with van der Waals surface area (Å²) in [6.07, 6.45) is 1.27. The third-order valence-corrected chi connectivity index (χ3v) is 5.47. The number of rotatable bonds is 1. The van der Waals surface area contributed by atoms with Gasteiger partial charge in [-0.25, -0.2) is 8.42 Å². The van der Waals surface area contributed by atoms with Gasteiger partial charge in [-0.2, -0.15) is 5.26 Å². The van der Waals surface area contributed by atoms with E-state index in [1.807, 2.05) is 0 Å². The predicted molar refractivity (Wildman–Crippen MR) is 85.9 cm³/mol. The molecule has 1 aliphatic rings. The zero-order valence-electron chi connectivity index (χ0n) is 11.0. The molecule has 0 aromatic heterocycles. The summed E-state index contributed by atoms with van der Waals surface area (Å²) in [6.45, 7) is 0. The quantitative estimate of drug-likeness (QED) is 0.769. The summed E-state index contributed by atoms with van der Waals surface area (Å²) in [6, 6.07) is 13.1. The fraction of sp³-hybridized carbons (Fsp3) is 0. The molecule has 0 saturated heterocycles. The van der Waals surface area contributed by atoms with Gasteiger partial charge >= 0.3 is 0 Å². The molecule has 1 aliphatic heterocycles. The van der Waals surface area contributed by atoms with E-state index >= 15 is 0 Å². The van der Waals surface area contributed by atoms with Gasteiger partial charge in [-0.05, 0) is 30.3 Å². The summed E-state index contributed by atoms with van der Waals surface area (Å²) in [5, 5.41) is 9.98. The lowest BCUT2D eigenvalue weighted by Gasteiger charge is -2.28. The Hall–Kier alpha value is -2.00. The summed E-state index contributed by atoms with van der Waals surface area (Å²) in [5.74, 6) is 0. The molecule has 4 nitrogen and oxygen atoms in total. The molecule has 3 rings (SSSR count). The molecule has 0 radical (unpaired) electrons. The van der Waals surface area contributed by atoms with E-state index in [-0.39, 0.29) is 9.80 Å². The smallest absolute Gasteiger partial charge is 0.220 e. The number of benzene rings is 2. The first-order chi connectivity index (χ1) is 10.4. The first-order valence-corrected chi connectivity index (χ1v) is 8.39. The lowest BCUT2D eigenvalue weighted by Crippen LogP contribution is -2.21.